The molecule has 0 bridgehead atoms. The Morgan fingerprint density at radius 1 is 1.00 bits per heavy atom. The lowest BCUT2D eigenvalue weighted by Gasteiger charge is -2.31. The fourth-order valence-electron chi connectivity index (χ4n) is 3.58. The number of amides is 1. The summed E-state index contributed by atoms with van der Waals surface area (Å²) in [4.78, 5) is 12.9. The maximum atomic E-state index is 13.3. The van der Waals surface area contributed by atoms with Gasteiger partial charge in [0.25, 0.3) is 15.9 Å². The monoisotopic (exact) mass is 474 g/mol. The van der Waals surface area contributed by atoms with Crippen LogP contribution in [0.5, 0.6) is 0 Å². The van der Waals surface area contributed by atoms with Gasteiger partial charge in [0.15, 0.2) is 0 Å². The molecule has 3 aromatic carbocycles. The van der Waals surface area contributed by atoms with Crippen LogP contribution < -0.4 is 9.62 Å². The SMILES string of the molecule is Cc1ccc(S(=O)(=O)N2CCCc3ccc(NC(=O)c4cc(Cl)ccc4Cl)cc32)cc1. The fourth-order valence-corrected chi connectivity index (χ4v) is 5.48. The first-order valence-corrected chi connectivity index (χ1v) is 11.9. The summed E-state index contributed by atoms with van der Waals surface area (Å²) in [6.45, 7) is 2.29. The summed E-state index contributed by atoms with van der Waals surface area (Å²) in [7, 11) is -3.72. The number of sulfonamides is 1. The molecule has 1 aliphatic rings. The Bertz CT molecular complexity index is 1260. The first-order valence-electron chi connectivity index (χ1n) is 9.74. The molecular weight excluding hydrogens is 455 g/mol. The van der Waals surface area contributed by atoms with Crippen LogP contribution >= 0.6 is 23.2 Å². The minimum atomic E-state index is -3.72. The first-order chi connectivity index (χ1) is 14.8. The zero-order valence-corrected chi connectivity index (χ0v) is 19.1. The summed E-state index contributed by atoms with van der Waals surface area (Å²) in [5, 5.41) is 3.47. The highest BCUT2D eigenvalue weighted by atomic mass is 35.5. The van der Waals surface area contributed by atoms with Gasteiger partial charge in [0.05, 0.1) is 21.2 Å². The normalized spacial score (nSPS) is 13.6. The van der Waals surface area contributed by atoms with Crippen molar-refractivity contribution in [3.8, 4) is 0 Å². The Morgan fingerprint density at radius 3 is 2.48 bits per heavy atom. The van der Waals surface area contributed by atoms with Crippen LogP contribution in [-0.2, 0) is 16.4 Å². The third kappa shape index (κ3) is 4.42. The van der Waals surface area contributed by atoms with Gasteiger partial charge in [-0.1, -0.05) is 47.0 Å². The van der Waals surface area contributed by atoms with Crippen LogP contribution in [0.15, 0.2) is 65.6 Å². The van der Waals surface area contributed by atoms with Crippen molar-refractivity contribution in [1.82, 2.24) is 0 Å². The molecule has 1 N–H and O–H groups in total. The van der Waals surface area contributed by atoms with E-state index in [1.54, 1.807) is 48.5 Å². The number of nitrogens with one attached hydrogen (secondary N) is 1. The molecule has 0 radical (unpaired) electrons. The van der Waals surface area contributed by atoms with Gasteiger partial charge in [0.2, 0.25) is 0 Å². The van der Waals surface area contributed by atoms with Crippen LogP contribution in [0, 0.1) is 6.92 Å². The molecule has 0 saturated heterocycles. The summed E-state index contributed by atoms with van der Waals surface area (Å²) in [5.41, 5.74) is 3.20. The smallest absolute Gasteiger partial charge is 0.264 e. The molecule has 1 amide bonds. The van der Waals surface area contributed by atoms with Crippen molar-refractivity contribution in [3.05, 3.63) is 87.4 Å². The molecule has 0 fully saturated rings. The lowest BCUT2D eigenvalue weighted by Crippen LogP contribution is -2.35. The number of anilines is 2. The van der Waals surface area contributed by atoms with Crippen LogP contribution in [-0.4, -0.2) is 20.9 Å². The van der Waals surface area contributed by atoms with Crippen LogP contribution in [0.25, 0.3) is 0 Å². The Morgan fingerprint density at radius 2 is 1.74 bits per heavy atom. The Labute approximate surface area is 191 Å². The van der Waals surface area contributed by atoms with Gasteiger partial charge in [0, 0.05) is 17.3 Å². The third-order valence-electron chi connectivity index (χ3n) is 5.20. The maximum Gasteiger partial charge on any atom is 0.264 e. The lowest BCUT2D eigenvalue weighted by atomic mass is 10.0. The molecule has 1 heterocycles. The molecule has 4 rings (SSSR count). The zero-order chi connectivity index (χ0) is 22.2. The topological polar surface area (TPSA) is 66.5 Å². The lowest BCUT2D eigenvalue weighted by molar-refractivity contribution is 0.102. The fraction of sp³-hybridized carbons (Fsp3) is 0.174. The second-order valence-electron chi connectivity index (χ2n) is 7.42. The molecular formula is C23H20Cl2N2O3S. The number of fused-ring (bicyclic) bond motifs is 1. The first kappa shape index (κ1) is 21.7. The van der Waals surface area contributed by atoms with Crippen molar-refractivity contribution in [2.75, 3.05) is 16.2 Å². The number of aryl methyl sites for hydroxylation is 2. The number of carbonyl (C=O) groups excluding carboxylic acids is 1. The third-order valence-corrected chi connectivity index (χ3v) is 7.59. The summed E-state index contributed by atoms with van der Waals surface area (Å²) in [5.74, 6) is -0.420. The van der Waals surface area contributed by atoms with Crippen molar-refractivity contribution in [2.24, 2.45) is 0 Å². The molecule has 0 saturated carbocycles. The summed E-state index contributed by atoms with van der Waals surface area (Å²) in [6, 6.07) is 16.7. The average Bonchev–Trinajstić information content (AvgIpc) is 2.75. The molecule has 160 valence electrons. The molecule has 0 unspecified atom stereocenters. The van der Waals surface area contributed by atoms with E-state index in [1.165, 1.54) is 10.4 Å². The summed E-state index contributed by atoms with van der Waals surface area (Å²) in [6.07, 6.45) is 1.49. The minimum Gasteiger partial charge on any atom is -0.322 e. The maximum absolute atomic E-state index is 13.3. The van der Waals surface area contributed by atoms with Crippen molar-refractivity contribution in [3.63, 3.8) is 0 Å². The molecule has 0 spiro atoms. The van der Waals surface area contributed by atoms with E-state index in [0.717, 1.165) is 24.0 Å². The van der Waals surface area contributed by atoms with E-state index < -0.39 is 15.9 Å². The van der Waals surface area contributed by atoms with Gasteiger partial charge in [-0.15, -0.1) is 0 Å². The zero-order valence-electron chi connectivity index (χ0n) is 16.7. The molecule has 0 atom stereocenters. The number of hydrogen-bond acceptors (Lipinski definition) is 3. The van der Waals surface area contributed by atoms with Crippen LogP contribution in [0.4, 0.5) is 11.4 Å². The van der Waals surface area contributed by atoms with Gasteiger partial charge in [-0.25, -0.2) is 8.42 Å². The Hall–Kier alpha value is -2.54. The average molecular weight is 475 g/mol. The highest BCUT2D eigenvalue weighted by Gasteiger charge is 2.29. The molecule has 1 aliphatic heterocycles. The van der Waals surface area contributed by atoms with Gasteiger partial charge in [0.1, 0.15) is 0 Å². The molecule has 5 nitrogen and oxygen atoms in total. The van der Waals surface area contributed by atoms with Gasteiger partial charge in [-0.05, 0) is 67.8 Å². The number of halogens is 2. The number of benzene rings is 3. The highest BCUT2D eigenvalue weighted by molar-refractivity contribution is 7.92. The number of rotatable bonds is 4. The Balaban J connectivity index is 1.67. The van der Waals surface area contributed by atoms with Gasteiger partial charge < -0.3 is 5.32 Å². The predicted octanol–water partition coefficient (Wildman–Crippen LogP) is 5.70. The van der Waals surface area contributed by atoms with Crippen LogP contribution in [0.1, 0.15) is 27.9 Å². The summed E-state index contributed by atoms with van der Waals surface area (Å²) < 4.78 is 28.0. The highest BCUT2D eigenvalue weighted by Crippen LogP contribution is 2.34. The second-order valence-corrected chi connectivity index (χ2v) is 10.1. The second kappa shape index (κ2) is 8.54. The molecule has 8 heteroatoms. The van der Waals surface area contributed by atoms with E-state index in [0.29, 0.717) is 22.9 Å². The predicted molar refractivity (Wildman–Crippen MR) is 125 cm³/mol. The van der Waals surface area contributed by atoms with Crippen molar-refractivity contribution in [2.45, 2.75) is 24.7 Å². The molecule has 3 aromatic rings. The number of hydrogen-bond donors (Lipinski definition) is 1. The largest absolute Gasteiger partial charge is 0.322 e. The Kier molecular flexibility index (Phi) is 5.97. The quantitative estimate of drug-likeness (QED) is 0.527. The van der Waals surface area contributed by atoms with E-state index in [2.05, 4.69) is 5.32 Å². The minimum absolute atomic E-state index is 0.242. The molecule has 0 aromatic heterocycles. The molecule has 0 aliphatic carbocycles. The van der Waals surface area contributed by atoms with E-state index in [9.17, 15) is 13.2 Å². The standard InChI is InChI=1S/C23H20Cl2N2O3S/c1-15-4-9-19(10-5-15)31(29,30)27-12-2-3-16-6-8-18(14-22(16)27)26-23(28)20-13-17(24)7-11-21(20)25/h4-11,13-14H,2-3,12H2,1H3,(H,26,28). The van der Waals surface area contributed by atoms with Gasteiger partial charge in [-0.2, -0.15) is 0 Å². The van der Waals surface area contributed by atoms with E-state index >= 15 is 0 Å². The van der Waals surface area contributed by atoms with Crippen LogP contribution in [0.3, 0.4) is 0 Å². The van der Waals surface area contributed by atoms with Gasteiger partial charge >= 0.3 is 0 Å². The number of carbonyl (C=O) groups is 1. The van der Waals surface area contributed by atoms with Crippen molar-refractivity contribution < 1.29 is 13.2 Å². The van der Waals surface area contributed by atoms with E-state index in [-0.39, 0.29) is 15.5 Å². The van der Waals surface area contributed by atoms with E-state index in [1.807, 2.05) is 13.0 Å². The van der Waals surface area contributed by atoms with Gasteiger partial charge in [-0.3, -0.25) is 9.10 Å². The van der Waals surface area contributed by atoms with Crippen molar-refractivity contribution >= 4 is 50.5 Å². The molecule has 31 heavy (non-hydrogen) atoms. The van der Waals surface area contributed by atoms with Crippen LogP contribution in [0.2, 0.25) is 10.0 Å². The number of nitrogens with zero attached hydrogens (tertiary/aromatic N) is 1. The summed E-state index contributed by atoms with van der Waals surface area (Å²) >= 11 is 12.1. The van der Waals surface area contributed by atoms with E-state index in [4.69, 9.17) is 23.2 Å². The van der Waals surface area contributed by atoms with Crippen molar-refractivity contribution in [1.29, 1.82) is 0 Å².